The number of benzene rings is 1. The van der Waals surface area contributed by atoms with Gasteiger partial charge in [-0.1, -0.05) is 6.07 Å². The molecule has 1 aliphatic heterocycles. The van der Waals surface area contributed by atoms with Crippen LogP contribution in [0.15, 0.2) is 23.1 Å². The number of rotatable bonds is 2. The molecule has 1 aromatic rings. The van der Waals surface area contributed by atoms with Gasteiger partial charge in [-0.3, -0.25) is 13.8 Å². The molecule has 0 bridgehead atoms. The summed E-state index contributed by atoms with van der Waals surface area (Å²) in [5, 5.41) is -0.527. The van der Waals surface area contributed by atoms with E-state index in [1.165, 1.54) is 6.92 Å². The van der Waals surface area contributed by atoms with Crippen molar-refractivity contribution in [2.45, 2.75) is 30.9 Å². The molecule has 2 atom stereocenters. The Balaban J connectivity index is 2.63. The zero-order valence-corrected chi connectivity index (χ0v) is 11.4. The molecule has 0 fully saturated rings. The predicted molar refractivity (Wildman–Crippen MR) is 70.3 cm³/mol. The van der Waals surface area contributed by atoms with E-state index in [2.05, 4.69) is 0 Å². The van der Waals surface area contributed by atoms with Crippen LogP contribution in [-0.2, 0) is 15.6 Å². The van der Waals surface area contributed by atoms with Gasteiger partial charge in [0.15, 0.2) is 5.78 Å². The van der Waals surface area contributed by atoms with Crippen molar-refractivity contribution in [1.82, 2.24) is 0 Å². The summed E-state index contributed by atoms with van der Waals surface area (Å²) in [6.07, 6.45) is 0. The molecule has 0 saturated carbocycles. The highest BCUT2D eigenvalue weighted by molar-refractivity contribution is 7.86. The van der Waals surface area contributed by atoms with E-state index in [0.717, 1.165) is 0 Å². The summed E-state index contributed by atoms with van der Waals surface area (Å²) in [4.78, 5) is 25.7. The number of hydrogen-bond donors (Lipinski definition) is 0. The molecule has 2 unspecified atom stereocenters. The third-order valence-electron chi connectivity index (χ3n) is 3.12. The van der Waals surface area contributed by atoms with Crippen molar-refractivity contribution in [3.05, 3.63) is 23.8 Å². The van der Waals surface area contributed by atoms with Gasteiger partial charge in [-0.2, -0.15) is 0 Å². The van der Waals surface area contributed by atoms with Crippen LogP contribution in [0.3, 0.4) is 0 Å². The van der Waals surface area contributed by atoms with Gasteiger partial charge >= 0.3 is 0 Å². The van der Waals surface area contributed by atoms with Crippen LogP contribution in [0.1, 0.15) is 31.1 Å². The number of fused-ring (bicyclic) bond motifs is 1. The number of ketones is 1. The molecule has 2 rings (SSSR count). The minimum absolute atomic E-state index is 0.0642. The summed E-state index contributed by atoms with van der Waals surface area (Å²) in [6, 6.07) is 5.01. The summed E-state index contributed by atoms with van der Waals surface area (Å²) in [6.45, 7) is 5.52. The van der Waals surface area contributed by atoms with Gasteiger partial charge in [0.05, 0.1) is 21.4 Å². The summed E-state index contributed by atoms with van der Waals surface area (Å²) >= 11 is 0. The molecule has 96 valence electrons. The van der Waals surface area contributed by atoms with Crippen molar-refractivity contribution in [3.63, 3.8) is 0 Å². The van der Waals surface area contributed by atoms with Crippen molar-refractivity contribution in [3.8, 4) is 0 Å². The van der Waals surface area contributed by atoms with Crippen LogP contribution in [0, 0.1) is 0 Å². The quantitative estimate of drug-likeness (QED) is 0.765. The highest BCUT2D eigenvalue weighted by Gasteiger charge is 2.35. The van der Waals surface area contributed by atoms with Gasteiger partial charge < -0.3 is 4.90 Å². The maximum absolute atomic E-state index is 12.1. The number of carbonyl (C=O) groups is 2. The van der Waals surface area contributed by atoms with Gasteiger partial charge in [-0.05, 0) is 32.9 Å². The lowest BCUT2D eigenvalue weighted by atomic mass is 10.1. The standard InChI is InChI=1S/C13H15NO3S/c1-4-14-11-7-10(8(2)15)5-6-12(11)18(17)9(3)13(14)16/h5-7,9H,4H2,1-3H3. The fraction of sp³-hybridized carbons (Fsp3) is 0.385. The molecule has 0 spiro atoms. The van der Waals surface area contributed by atoms with Crippen molar-refractivity contribution in [2.24, 2.45) is 0 Å². The second kappa shape index (κ2) is 4.65. The van der Waals surface area contributed by atoms with Gasteiger partial charge in [0.2, 0.25) is 5.91 Å². The number of hydrogen-bond acceptors (Lipinski definition) is 3. The fourth-order valence-corrected chi connectivity index (χ4v) is 3.33. The largest absolute Gasteiger partial charge is 0.310 e. The Hall–Kier alpha value is -1.49. The molecular formula is C13H15NO3S. The third-order valence-corrected chi connectivity index (χ3v) is 4.75. The van der Waals surface area contributed by atoms with E-state index in [9.17, 15) is 13.8 Å². The predicted octanol–water partition coefficient (Wildman–Crippen LogP) is 1.75. The van der Waals surface area contributed by atoms with E-state index in [-0.39, 0.29) is 11.7 Å². The normalized spacial score (nSPS) is 22.8. The highest BCUT2D eigenvalue weighted by Crippen LogP contribution is 2.32. The zero-order valence-electron chi connectivity index (χ0n) is 10.6. The molecule has 18 heavy (non-hydrogen) atoms. The van der Waals surface area contributed by atoms with E-state index in [0.29, 0.717) is 22.7 Å². The number of anilines is 1. The number of Topliss-reactive ketones (excluding diaryl/α,β-unsaturated/α-hetero) is 1. The van der Waals surface area contributed by atoms with Crippen molar-refractivity contribution < 1.29 is 13.8 Å². The first-order valence-electron chi connectivity index (χ1n) is 5.84. The average Bonchev–Trinajstić information content (AvgIpc) is 2.36. The highest BCUT2D eigenvalue weighted by atomic mass is 32.2. The van der Waals surface area contributed by atoms with Gasteiger partial charge in [0.25, 0.3) is 0 Å². The van der Waals surface area contributed by atoms with Crippen LogP contribution >= 0.6 is 0 Å². The molecule has 1 amide bonds. The maximum atomic E-state index is 12.1. The van der Waals surface area contributed by atoms with Crippen LogP contribution in [0.5, 0.6) is 0 Å². The first kappa shape index (κ1) is 13.0. The first-order chi connectivity index (χ1) is 8.47. The third kappa shape index (κ3) is 1.88. The van der Waals surface area contributed by atoms with Gasteiger partial charge in [0.1, 0.15) is 5.25 Å². The van der Waals surface area contributed by atoms with Crippen molar-refractivity contribution in [1.29, 1.82) is 0 Å². The molecule has 0 radical (unpaired) electrons. The lowest BCUT2D eigenvalue weighted by molar-refractivity contribution is -0.118. The maximum Gasteiger partial charge on any atom is 0.242 e. The van der Waals surface area contributed by atoms with E-state index in [1.807, 2.05) is 6.92 Å². The van der Waals surface area contributed by atoms with E-state index < -0.39 is 16.0 Å². The minimum Gasteiger partial charge on any atom is -0.310 e. The Morgan fingerprint density at radius 2 is 2.11 bits per heavy atom. The second-order valence-electron chi connectivity index (χ2n) is 4.26. The number of carbonyl (C=O) groups excluding carboxylic acids is 2. The van der Waals surface area contributed by atoms with Gasteiger partial charge in [-0.15, -0.1) is 0 Å². The zero-order chi connectivity index (χ0) is 13.4. The van der Waals surface area contributed by atoms with Crippen LogP contribution in [0.2, 0.25) is 0 Å². The van der Waals surface area contributed by atoms with E-state index in [4.69, 9.17) is 0 Å². The smallest absolute Gasteiger partial charge is 0.242 e. The summed E-state index contributed by atoms with van der Waals surface area (Å²) in [5.41, 5.74) is 1.14. The molecule has 0 N–H and O–H groups in total. The van der Waals surface area contributed by atoms with Gasteiger partial charge in [0, 0.05) is 12.1 Å². The van der Waals surface area contributed by atoms with E-state index in [1.54, 1.807) is 30.0 Å². The number of amides is 1. The molecule has 0 aromatic heterocycles. The lowest BCUT2D eigenvalue weighted by Crippen LogP contribution is -2.44. The first-order valence-corrected chi connectivity index (χ1v) is 7.05. The Morgan fingerprint density at radius 3 is 2.67 bits per heavy atom. The monoisotopic (exact) mass is 265 g/mol. The molecule has 0 saturated heterocycles. The topological polar surface area (TPSA) is 54.5 Å². The fourth-order valence-electron chi connectivity index (χ4n) is 2.06. The van der Waals surface area contributed by atoms with E-state index >= 15 is 0 Å². The Morgan fingerprint density at radius 1 is 1.44 bits per heavy atom. The van der Waals surface area contributed by atoms with Crippen LogP contribution in [0.25, 0.3) is 0 Å². The molecule has 0 aliphatic carbocycles. The average molecular weight is 265 g/mol. The SMILES string of the molecule is CCN1C(=O)C(C)S(=O)c2ccc(C(C)=O)cc21. The van der Waals surface area contributed by atoms with Crippen molar-refractivity contribution in [2.75, 3.05) is 11.4 Å². The number of nitrogens with zero attached hydrogens (tertiary/aromatic N) is 1. The Kier molecular flexibility index (Phi) is 3.34. The second-order valence-corrected chi connectivity index (χ2v) is 6.00. The lowest BCUT2D eigenvalue weighted by Gasteiger charge is -2.31. The molecule has 4 nitrogen and oxygen atoms in total. The molecule has 1 aliphatic rings. The Bertz CT molecular complexity index is 553. The minimum atomic E-state index is -1.34. The Labute approximate surface area is 108 Å². The molecule has 1 aromatic carbocycles. The summed E-state index contributed by atoms with van der Waals surface area (Å²) in [5.74, 6) is -0.213. The molecular weight excluding hydrogens is 250 g/mol. The van der Waals surface area contributed by atoms with Gasteiger partial charge in [-0.25, -0.2) is 0 Å². The summed E-state index contributed by atoms with van der Waals surface area (Å²) in [7, 11) is -1.34. The summed E-state index contributed by atoms with van der Waals surface area (Å²) < 4.78 is 12.1. The van der Waals surface area contributed by atoms with Crippen LogP contribution in [-0.4, -0.2) is 27.7 Å². The van der Waals surface area contributed by atoms with Crippen molar-refractivity contribution >= 4 is 28.2 Å². The van der Waals surface area contributed by atoms with Crippen LogP contribution in [0.4, 0.5) is 5.69 Å². The molecule has 5 heteroatoms. The van der Waals surface area contributed by atoms with Crippen LogP contribution < -0.4 is 4.90 Å². The molecule has 1 heterocycles.